The number of hydrogen-bond acceptors (Lipinski definition) is 6. The van der Waals surface area contributed by atoms with Crippen LogP contribution in [0.15, 0.2) is 42.5 Å². The molecular weight excluding hydrogens is 451 g/mol. The van der Waals surface area contributed by atoms with Gasteiger partial charge >= 0.3 is 0 Å². The Kier molecular flexibility index (Phi) is 7.08. The second-order valence-corrected chi connectivity index (χ2v) is 9.33. The topological polar surface area (TPSA) is 113 Å². The number of para-hydroxylation sites is 1. The van der Waals surface area contributed by atoms with Gasteiger partial charge in [0.05, 0.1) is 26.9 Å². The number of rotatable bonds is 7. The van der Waals surface area contributed by atoms with Crippen LogP contribution in [-0.2, 0) is 10.0 Å². The lowest BCUT2D eigenvalue weighted by Gasteiger charge is -2.35. The number of sulfonamides is 1. The van der Waals surface area contributed by atoms with Crippen LogP contribution in [0.25, 0.3) is 0 Å². The molecule has 31 heavy (non-hydrogen) atoms. The summed E-state index contributed by atoms with van der Waals surface area (Å²) < 4.78 is 40.4. The normalized spacial score (nSPS) is 15.0. The average molecular weight is 471 g/mol. The van der Waals surface area contributed by atoms with Crippen LogP contribution in [0.4, 0.5) is 15.8 Å². The van der Waals surface area contributed by atoms with E-state index in [1.165, 1.54) is 22.5 Å². The summed E-state index contributed by atoms with van der Waals surface area (Å²) in [5.41, 5.74) is 0.0299. The van der Waals surface area contributed by atoms with Crippen molar-refractivity contribution in [2.45, 2.75) is 0 Å². The Morgan fingerprint density at radius 2 is 1.84 bits per heavy atom. The van der Waals surface area contributed by atoms with E-state index in [9.17, 15) is 27.7 Å². The Labute approximate surface area is 183 Å². The zero-order valence-electron chi connectivity index (χ0n) is 16.3. The van der Waals surface area contributed by atoms with E-state index in [2.05, 4.69) is 5.32 Å². The van der Waals surface area contributed by atoms with Crippen LogP contribution in [0.3, 0.4) is 0 Å². The highest BCUT2D eigenvalue weighted by Gasteiger charge is 2.28. The maximum absolute atomic E-state index is 13.9. The van der Waals surface area contributed by atoms with Crippen molar-refractivity contribution in [3.8, 4) is 0 Å². The summed E-state index contributed by atoms with van der Waals surface area (Å²) in [6, 6.07) is 9.76. The number of hydrogen-bond donors (Lipinski definition) is 1. The molecule has 0 bridgehead atoms. The predicted octanol–water partition coefficient (Wildman–Crippen LogP) is 2.27. The summed E-state index contributed by atoms with van der Waals surface area (Å²) in [6.07, 6.45) is 0. The lowest BCUT2D eigenvalue weighted by molar-refractivity contribution is -0.384. The Morgan fingerprint density at radius 3 is 2.48 bits per heavy atom. The van der Waals surface area contributed by atoms with Gasteiger partial charge in [-0.05, 0) is 18.2 Å². The van der Waals surface area contributed by atoms with Crippen LogP contribution in [-0.4, -0.2) is 62.0 Å². The van der Waals surface area contributed by atoms with Crippen molar-refractivity contribution in [1.82, 2.24) is 9.62 Å². The Hall–Kier alpha value is -2.76. The standard InChI is InChI=1S/C19H20ClFN4O5S/c20-16-6-5-14(25(27)28)13-15(16)19(26)22-7-12-31(29,30)24-10-8-23(9-11-24)18-4-2-1-3-17(18)21/h1-6,13H,7-12H2,(H,22,26). The monoisotopic (exact) mass is 470 g/mol. The number of benzene rings is 2. The highest BCUT2D eigenvalue weighted by atomic mass is 35.5. The van der Waals surface area contributed by atoms with Crippen molar-refractivity contribution in [1.29, 1.82) is 0 Å². The number of nitrogens with zero attached hydrogens (tertiary/aromatic N) is 3. The number of amides is 1. The van der Waals surface area contributed by atoms with Crippen molar-refractivity contribution in [3.05, 3.63) is 69.0 Å². The summed E-state index contributed by atoms with van der Waals surface area (Å²) in [4.78, 5) is 24.3. The molecule has 0 radical (unpaired) electrons. The predicted molar refractivity (Wildman–Crippen MR) is 114 cm³/mol. The maximum Gasteiger partial charge on any atom is 0.270 e. The highest BCUT2D eigenvalue weighted by molar-refractivity contribution is 7.89. The van der Waals surface area contributed by atoms with Gasteiger partial charge in [0.15, 0.2) is 0 Å². The van der Waals surface area contributed by atoms with Gasteiger partial charge < -0.3 is 10.2 Å². The Morgan fingerprint density at radius 1 is 1.16 bits per heavy atom. The van der Waals surface area contributed by atoms with Gasteiger partial charge in [-0.3, -0.25) is 14.9 Å². The number of nitro benzene ring substituents is 1. The molecule has 0 aliphatic carbocycles. The van der Waals surface area contributed by atoms with Gasteiger partial charge in [-0.15, -0.1) is 0 Å². The second kappa shape index (κ2) is 9.58. The quantitative estimate of drug-likeness (QED) is 0.490. The summed E-state index contributed by atoms with van der Waals surface area (Å²) in [5.74, 6) is -1.40. The first-order valence-corrected chi connectivity index (χ1v) is 11.4. The fraction of sp³-hybridized carbons (Fsp3) is 0.316. The van der Waals surface area contributed by atoms with E-state index >= 15 is 0 Å². The number of anilines is 1. The van der Waals surface area contributed by atoms with E-state index in [4.69, 9.17) is 11.6 Å². The molecule has 0 unspecified atom stereocenters. The molecule has 1 heterocycles. The maximum atomic E-state index is 13.9. The first-order chi connectivity index (χ1) is 14.7. The molecule has 166 valence electrons. The number of non-ortho nitro benzene ring substituents is 1. The van der Waals surface area contributed by atoms with E-state index in [1.54, 1.807) is 23.1 Å². The summed E-state index contributed by atoms with van der Waals surface area (Å²) >= 11 is 5.92. The first-order valence-electron chi connectivity index (χ1n) is 9.38. The van der Waals surface area contributed by atoms with Crippen LogP contribution >= 0.6 is 11.6 Å². The van der Waals surface area contributed by atoms with Crippen molar-refractivity contribution < 1.29 is 22.5 Å². The van der Waals surface area contributed by atoms with Crippen molar-refractivity contribution in [3.63, 3.8) is 0 Å². The van der Waals surface area contributed by atoms with Crippen LogP contribution in [0.1, 0.15) is 10.4 Å². The van der Waals surface area contributed by atoms with Gasteiger partial charge in [-0.25, -0.2) is 12.8 Å². The van der Waals surface area contributed by atoms with Crippen LogP contribution in [0, 0.1) is 15.9 Å². The lowest BCUT2D eigenvalue weighted by Crippen LogP contribution is -2.50. The average Bonchev–Trinajstić information content (AvgIpc) is 2.74. The van der Waals surface area contributed by atoms with E-state index in [0.29, 0.717) is 18.8 Å². The molecule has 9 nitrogen and oxygen atoms in total. The largest absolute Gasteiger partial charge is 0.367 e. The zero-order valence-corrected chi connectivity index (χ0v) is 17.9. The molecule has 2 aromatic rings. The molecule has 0 atom stereocenters. The SMILES string of the molecule is O=C(NCCS(=O)(=O)N1CCN(c2ccccc2F)CC1)c1cc([N+](=O)[O-])ccc1Cl. The first kappa shape index (κ1) is 22.9. The smallest absolute Gasteiger partial charge is 0.270 e. The Bertz CT molecular complexity index is 1090. The van der Waals surface area contributed by atoms with Crippen molar-refractivity contribution in [2.24, 2.45) is 0 Å². The molecule has 1 amide bonds. The van der Waals surface area contributed by atoms with Crippen LogP contribution < -0.4 is 10.2 Å². The fourth-order valence-corrected chi connectivity index (χ4v) is 4.78. The summed E-state index contributed by atoms with van der Waals surface area (Å²) in [6.45, 7) is 0.891. The minimum Gasteiger partial charge on any atom is -0.367 e. The van der Waals surface area contributed by atoms with Gasteiger partial charge in [0, 0.05) is 44.9 Å². The van der Waals surface area contributed by atoms with Gasteiger partial charge in [-0.2, -0.15) is 4.31 Å². The molecule has 1 aliphatic heterocycles. The third kappa shape index (κ3) is 5.49. The lowest BCUT2D eigenvalue weighted by atomic mass is 10.2. The Balaban J connectivity index is 1.54. The van der Waals surface area contributed by atoms with Gasteiger partial charge in [0.1, 0.15) is 5.82 Å². The van der Waals surface area contributed by atoms with Gasteiger partial charge in [-0.1, -0.05) is 23.7 Å². The molecule has 1 saturated heterocycles. The van der Waals surface area contributed by atoms with Gasteiger partial charge in [0.2, 0.25) is 10.0 Å². The van der Waals surface area contributed by atoms with Gasteiger partial charge in [0.25, 0.3) is 11.6 Å². The highest BCUT2D eigenvalue weighted by Crippen LogP contribution is 2.22. The number of piperazine rings is 1. The third-order valence-electron chi connectivity index (χ3n) is 4.88. The molecule has 0 saturated carbocycles. The van der Waals surface area contributed by atoms with E-state index in [-0.39, 0.29) is 47.5 Å². The number of carbonyl (C=O) groups excluding carboxylic acids is 1. The van der Waals surface area contributed by atoms with Crippen LogP contribution in [0.2, 0.25) is 5.02 Å². The number of nitrogens with one attached hydrogen (secondary N) is 1. The molecule has 1 N–H and O–H groups in total. The van der Waals surface area contributed by atoms with E-state index in [0.717, 1.165) is 6.07 Å². The van der Waals surface area contributed by atoms with Crippen LogP contribution in [0.5, 0.6) is 0 Å². The number of halogens is 2. The number of nitro groups is 1. The van der Waals surface area contributed by atoms with Crippen molar-refractivity contribution >= 4 is 38.9 Å². The van der Waals surface area contributed by atoms with Crippen molar-refractivity contribution in [2.75, 3.05) is 43.4 Å². The molecule has 12 heteroatoms. The molecule has 1 fully saturated rings. The minimum atomic E-state index is -3.65. The molecule has 0 aromatic heterocycles. The van der Waals surface area contributed by atoms with E-state index < -0.39 is 20.9 Å². The molecule has 0 spiro atoms. The summed E-state index contributed by atoms with van der Waals surface area (Å²) in [7, 11) is -3.65. The summed E-state index contributed by atoms with van der Waals surface area (Å²) in [5, 5.41) is 13.3. The molecule has 1 aliphatic rings. The second-order valence-electron chi connectivity index (χ2n) is 6.83. The molecule has 2 aromatic carbocycles. The molecule has 3 rings (SSSR count). The zero-order chi connectivity index (χ0) is 22.6. The van der Waals surface area contributed by atoms with E-state index in [1.807, 2.05) is 0 Å². The number of carbonyl (C=O) groups is 1. The fourth-order valence-electron chi connectivity index (χ4n) is 3.23. The molecular formula is C19H20ClFN4O5S. The third-order valence-corrected chi connectivity index (χ3v) is 7.08. The minimum absolute atomic E-state index is 0.0234.